The standard InChI is InChI=1S/C10H16N4/c1-8-10(13-6-5-12-8)14(7-4-11)9-2-3-9/h5-6,9H,2-4,7,11H2,1H3. The third-order valence-electron chi connectivity index (χ3n) is 2.48. The summed E-state index contributed by atoms with van der Waals surface area (Å²) in [7, 11) is 0. The van der Waals surface area contributed by atoms with Gasteiger partial charge < -0.3 is 10.6 Å². The number of aryl methyl sites for hydroxylation is 1. The summed E-state index contributed by atoms with van der Waals surface area (Å²) in [4.78, 5) is 10.9. The first-order chi connectivity index (χ1) is 6.83. The molecule has 0 radical (unpaired) electrons. The van der Waals surface area contributed by atoms with Gasteiger partial charge in [-0.3, -0.25) is 4.98 Å². The molecule has 76 valence electrons. The summed E-state index contributed by atoms with van der Waals surface area (Å²) in [6, 6.07) is 0.647. The monoisotopic (exact) mass is 192 g/mol. The van der Waals surface area contributed by atoms with Crippen LogP contribution < -0.4 is 10.6 Å². The SMILES string of the molecule is Cc1nccnc1N(CCN)C1CC1. The molecule has 4 heteroatoms. The van der Waals surface area contributed by atoms with Crippen molar-refractivity contribution in [3.8, 4) is 0 Å². The number of hydrogen-bond acceptors (Lipinski definition) is 4. The third-order valence-corrected chi connectivity index (χ3v) is 2.48. The fraction of sp³-hybridized carbons (Fsp3) is 0.600. The van der Waals surface area contributed by atoms with Crippen molar-refractivity contribution in [3.63, 3.8) is 0 Å². The fourth-order valence-corrected chi connectivity index (χ4v) is 1.67. The fourth-order valence-electron chi connectivity index (χ4n) is 1.67. The van der Waals surface area contributed by atoms with E-state index < -0.39 is 0 Å². The molecule has 0 bridgehead atoms. The smallest absolute Gasteiger partial charge is 0.150 e. The van der Waals surface area contributed by atoms with Crippen LogP contribution in [0.4, 0.5) is 5.82 Å². The average molecular weight is 192 g/mol. The predicted octanol–water partition coefficient (Wildman–Crippen LogP) is 0.713. The number of hydrogen-bond donors (Lipinski definition) is 1. The molecule has 1 fully saturated rings. The van der Waals surface area contributed by atoms with Gasteiger partial charge in [-0.1, -0.05) is 0 Å². The first-order valence-electron chi connectivity index (χ1n) is 5.07. The molecule has 0 aliphatic heterocycles. The van der Waals surface area contributed by atoms with Gasteiger partial charge in [0.05, 0.1) is 5.69 Å². The van der Waals surface area contributed by atoms with E-state index in [-0.39, 0.29) is 0 Å². The summed E-state index contributed by atoms with van der Waals surface area (Å²) in [6.07, 6.45) is 5.99. The van der Waals surface area contributed by atoms with E-state index in [2.05, 4.69) is 14.9 Å². The molecule has 1 aliphatic carbocycles. The number of nitrogens with zero attached hydrogens (tertiary/aromatic N) is 3. The second-order valence-corrected chi connectivity index (χ2v) is 3.68. The predicted molar refractivity (Wildman–Crippen MR) is 56.2 cm³/mol. The molecule has 1 heterocycles. The summed E-state index contributed by atoms with van der Waals surface area (Å²) in [5.74, 6) is 1.00. The van der Waals surface area contributed by atoms with Crippen molar-refractivity contribution in [1.29, 1.82) is 0 Å². The third kappa shape index (κ3) is 1.85. The first-order valence-corrected chi connectivity index (χ1v) is 5.07. The molecule has 1 aromatic rings. The van der Waals surface area contributed by atoms with Gasteiger partial charge in [-0.25, -0.2) is 4.98 Å². The molecule has 1 aliphatic rings. The number of anilines is 1. The van der Waals surface area contributed by atoms with E-state index >= 15 is 0 Å². The van der Waals surface area contributed by atoms with E-state index in [1.807, 2.05) is 6.92 Å². The molecule has 0 atom stereocenters. The van der Waals surface area contributed by atoms with E-state index in [0.717, 1.165) is 18.1 Å². The van der Waals surface area contributed by atoms with Crippen molar-refractivity contribution < 1.29 is 0 Å². The quantitative estimate of drug-likeness (QED) is 0.763. The molecule has 0 spiro atoms. The van der Waals surface area contributed by atoms with Gasteiger partial charge in [0.25, 0.3) is 0 Å². The van der Waals surface area contributed by atoms with Crippen molar-refractivity contribution in [2.45, 2.75) is 25.8 Å². The van der Waals surface area contributed by atoms with Crippen molar-refractivity contribution in [1.82, 2.24) is 9.97 Å². The lowest BCUT2D eigenvalue weighted by molar-refractivity contribution is 0.762. The van der Waals surface area contributed by atoms with Gasteiger partial charge >= 0.3 is 0 Å². The van der Waals surface area contributed by atoms with Crippen molar-refractivity contribution in [2.24, 2.45) is 5.73 Å². The van der Waals surface area contributed by atoms with Crippen LogP contribution in [0.5, 0.6) is 0 Å². The van der Waals surface area contributed by atoms with Crippen LogP contribution in [0.1, 0.15) is 18.5 Å². The lowest BCUT2D eigenvalue weighted by Gasteiger charge is -2.23. The summed E-state index contributed by atoms with van der Waals surface area (Å²) in [5.41, 5.74) is 6.59. The molecule has 1 aromatic heterocycles. The maximum absolute atomic E-state index is 5.59. The van der Waals surface area contributed by atoms with Crippen LogP contribution >= 0.6 is 0 Å². The van der Waals surface area contributed by atoms with Gasteiger partial charge in [-0.15, -0.1) is 0 Å². The highest BCUT2D eigenvalue weighted by atomic mass is 15.2. The summed E-state index contributed by atoms with van der Waals surface area (Å²) in [5, 5.41) is 0. The van der Waals surface area contributed by atoms with Crippen LogP contribution in [-0.4, -0.2) is 29.1 Å². The van der Waals surface area contributed by atoms with Crippen molar-refractivity contribution in [2.75, 3.05) is 18.0 Å². The highest BCUT2D eigenvalue weighted by Crippen LogP contribution is 2.30. The first kappa shape index (κ1) is 9.40. The maximum Gasteiger partial charge on any atom is 0.150 e. The van der Waals surface area contributed by atoms with Crippen LogP contribution in [0.3, 0.4) is 0 Å². The lowest BCUT2D eigenvalue weighted by atomic mass is 10.3. The van der Waals surface area contributed by atoms with Gasteiger partial charge in [0, 0.05) is 31.5 Å². The Kier molecular flexibility index (Phi) is 2.63. The Balaban J connectivity index is 2.21. The summed E-state index contributed by atoms with van der Waals surface area (Å²) >= 11 is 0. The lowest BCUT2D eigenvalue weighted by Crippen LogP contribution is -2.32. The Labute approximate surface area is 84.2 Å². The highest BCUT2D eigenvalue weighted by Gasteiger charge is 2.30. The zero-order chi connectivity index (χ0) is 9.97. The number of rotatable bonds is 4. The molecular weight excluding hydrogens is 176 g/mol. The van der Waals surface area contributed by atoms with Crippen LogP contribution in [0, 0.1) is 6.92 Å². The van der Waals surface area contributed by atoms with Gasteiger partial charge in [0.2, 0.25) is 0 Å². The van der Waals surface area contributed by atoms with Crippen molar-refractivity contribution in [3.05, 3.63) is 18.1 Å². The maximum atomic E-state index is 5.59. The molecule has 14 heavy (non-hydrogen) atoms. The van der Waals surface area contributed by atoms with Crippen LogP contribution in [0.2, 0.25) is 0 Å². The van der Waals surface area contributed by atoms with E-state index in [1.54, 1.807) is 12.4 Å². The Morgan fingerprint density at radius 1 is 1.43 bits per heavy atom. The van der Waals surface area contributed by atoms with Crippen LogP contribution in [0.25, 0.3) is 0 Å². The van der Waals surface area contributed by atoms with E-state index in [1.165, 1.54) is 12.8 Å². The molecule has 0 unspecified atom stereocenters. The van der Waals surface area contributed by atoms with E-state index in [9.17, 15) is 0 Å². The van der Waals surface area contributed by atoms with Gasteiger partial charge in [-0.05, 0) is 19.8 Å². The molecule has 0 saturated heterocycles. The molecule has 4 nitrogen and oxygen atoms in total. The second kappa shape index (κ2) is 3.92. The van der Waals surface area contributed by atoms with E-state index in [0.29, 0.717) is 12.6 Å². The molecule has 2 rings (SSSR count). The average Bonchev–Trinajstić information content (AvgIpc) is 2.99. The minimum Gasteiger partial charge on any atom is -0.351 e. The topological polar surface area (TPSA) is 55.0 Å². The van der Waals surface area contributed by atoms with Crippen LogP contribution in [0.15, 0.2) is 12.4 Å². The molecular formula is C10H16N4. The molecule has 0 aromatic carbocycles. The Morgan fingerprint density at radius 2 is 2.14 bits per heavy atom. The zero-order valence-electron chi connectivity index (χ0n) is 8.48. The highest BCUT2D eigenvalue weighted by molar-refractivity contribution is 5.44. The normalized spacial score (nSPS) is 15.6. The van der Waals surface area contributed by atoms with Gasteiger partial charge in [0.15, 0.2) is 0 Å². The molecule has 2 N–H and O–H groups in total. The Bertz CT molecular complexity index is 309. The minimum atomic E-state index is 0.647. The number of nitrogens with two attached hydrogens (primary N) is 1. The second-order valence-electron chi connectivity index (χ2n) is 3.68. The Morgan fingerprint density at radius 3 is 2.71 bits per heavy atom. The minimum absolute atomic E-state index is 0.647. The summed E-state index contributed by atoms with van der Waals surface area (Å²) in [6.45, 7) is 3.55. The molecule has 0 amide bonds. The van der Waals surface area contributed by atoms with Gasteiger partial charge in [0.1, 0.15) is 5.82 Å². The number of aromatic nitrogens is 2. The molecule has 1 saturated carbocycles. The zero-order valence-corrected chi connectivity index (χ0v) is 8.48. The summed E-state index contributed by atoms with van der Waals surface area (Å²) < 4.78 is 0. The Hall–Kier alpha value is -1.16. The van der Waals surface area contributed by atoms with Crippen LogP contribution in [-0.2, 0) is 0 Å². The van der Waals surface area contributed by atoms with E-state index in [4.69, 9.17) is 5.73 Å². The largest absolute Gasteiger partial charge is 0.351 e. The van der Waals surface area contributed by atoms with Gasteiger partial charge in [-0.2, -0.15) is 0 Å². The van der Waals surface area contributed by atoms with Crippen molar-refractivity contribution >= 4 is 5.82 Å².